The third-order valence-electron chi connectivity index (χ3n) is 2.64. The molecular weight excluding hydrogens is 328 g/mol. The van der Waals surface area contributed by atoms with Gasteiger partial charge in [0.15, 0.2) is 5.69 Å². The normalized spacial score (nSPS) is 11.4. The van der Waals surface area contributed by atoms with Crippen LogP contribution in [-0.4, -0.2) is 23.0 Å². The molecule has 0 radical (unpaired) electrons. The van der Waals surface area contributed by atoms with Crippen LogP contribution in [0.5, 0.6) is 0 Å². The predicted octanol–water partition coefficient (Wildman–Crippen LogP) is 3.74. The van der Waals surface area contributed by atoms with E-state index < -0.39 is 23.8 Å². The Labute approximate surface area is 126 Å². The Balaban J connectivity index is 2.51. The Morgan fingerprint density at radius 2 is 1.86 bits per heavy atom. The summed E-state index contributed by atoms with van der Waals surface area (Å²) in [6, 6.07) is 4.00. The number of aromatic nitrogens is 2. The van der Waals surface area contributed by atoms with Crippen molar-refractivity contribution in [2.45, 2.75) is 6.18 Å². The minimum absolute atomic E-state index is 0.0316. The zero-order chi connectivity index (χ0) is 16.5. The van der Waals surface area contributed by atoms with Gasteiger partial charge in [0.2, 0.25) is 5.95 Å². The van der Waals surface area contributed by atoms with E-state index >= 15 is 0 Å². The Morgan fingerprint density at radius 1 is 1.18 bits per heavy atom. The summed E-state index contributed by atoms with van der Waals surface area (Å²) in [7, 11) is 1.10. The van der Waals surface area contributed by atoms with Crippen molar-refractivity contribution in [1.82, 2.24) is 9.97 Å². The van der Waals surface area contributed by atoms with E-state index in [0.29, 0.717) is 6.07 Å². The van der Waals surface area contributed by atoms with Crippen molar-refractivity contribution in [3.63, 3.8) is 0 Å². The highest BCUT2D eigenvalue weighted by Crippen LogP contribution is 2.30. The first-order chi connectivity index (χ1) is 10.2. The second-order valence-electron chi connectivity index (χ2n) is 4.05. The molecule has 0 saturated heterocycles. The average molecular weight is 335 g/mol. The quantitative estimate of drug-likeness (QED) is 0.477. The van der Waals surface area contributed by atoms with Crippen LogP contribution in [0.1, 0.15) is 16.2 Å². The molecule has 4 nitrogen and oxygen atoms in total. The molecule has 22 heavy (non-hydrogen) atoms. The Hall–Kier alpha value is -2.22. The lowest BCUT2D eigenvalue weighted by Crippen LogP contribution is -2.10. The minimum Gasteiger partial charge on any atom is -0.464 e. The summed E-state index contributed by atoms with van der Waals surface area (Å²) in [5.74, 6) is -2.22. The van der Waals surface area contributed by atoms with E-state index in [9.17, 15) is 22.4 Å². The van der Waals surface area contributed by atoms with Crippen molar-refractivity contribution in [1.29, 1.82) is 0 Å². The lowest BCUT2D eigenvalue weighted by Gasteiger charge is -2.09. The molecule has 2 aromatic heterocycles. The lowest BCUT2D eigenvalue weighted by atomic mass is 10.1. The van der Waals surface area contributed by atoms with Gasteiger partial charge in [-0.3, -0.25) is 0 Å². The predicted molar refractivity (Wildman–Crippen MR) is 68.8 cm³/mol. The number of rotatable bonds is 2. The fourth-order valence-electron chi connectivity index (χ4n) is 1.62. The van der Waals surface area contributed by atoms with Gasteiger partial charge in [0.25, 0.3) is 0 Å². The highest BCUT2D eigenvalue weighted by molar-refractivity contribution is 6.33. The topological polar surface area (TPSA) is 52.1 Å². The van der Waals surface area contributed by atoms with Crippen LogP contribution >= 0.6 is 11.6 Å². The van der Waals surface area contributed by atoms with Crippen LogP contribution < -0.4 is 0 Å². The van der Waals surface area contributed by atoms with Crippen molar-refractivity contribution in [3.05, 3.63) is 46.6 Å². The lowest BCUT2D eigenvalue weighted by molar-refractivity contribution is -0.141. The molecule has 2 heterocycles. The number of methoxy groups -OCH3 is 1. The number of hydrogen-bond acceptors (Lipinski definition) is 4. The molecule has 0 spiro atoms. The first-order valence-corrected chi connectivity index (χ1v) is 6.11. The van der Waals surface area contributed by atoms with E-state index in [1.54, 1.807) is 0 Å². The van der Waals surface area contributed by atoms with Crippen LogP contribution in [0, 0.1) is 5.95 Å². The summed E-state index contributed by atoms with van der Waals surface area (Å²) in [5.41, 5.74) is -2.03. The first kappa shape index (κ1) is 16.2. The van der Waals surface area contributed by atoms with Gasteiger partial charge in [-0.1, -0.05) is 11.6 Å². The molecule has 0 bridgehead atoms. The molecule has 0 atom stereocenters. The van der Waals surface area contributed by atoms with Gasteiger partial charge in [0.1, 0.15) is 5.69 Å². The van der Waals surface area contributed by atoms with Crippen molar-refractivity contribution in [2.24, 2.45) is 0 Å². The standard InChI is InChI=1S/C13H7ClF4N2O2/c1-22-12(21)10-7(14)3-4-8(19-10)6-2-5-9(13(16,17)18)20-11(6)15/h2-5H,1H3. The zero-order valence-corrected chi connectivity index (χ0v) is 11.7. The number of hydrogen-bond donors (Lipinski definition) is 0. The smallest absolute Gasteiger partial charge is 0.433 e. The minimum atomic E-state index is -4.76. The van der Waals surface area contributed by atoms with Crippen LogP contribution in [-0.2, 0) is 10.9 Å². The van der Waals surface area contributed by atoms with Gasteiger partial charge in [-0.2, -0.15) is 17.6 Å². The van der Waals surface area contributed by atoms with Crippen molar-refractivity contribution in [3.8, 4) is 11.3 Å². The van der Waals surface area contributed by atoms with Crippen molar-refractivity contribution >= 4 is 17.6 Å². The third-order valence-corrected chi connectivity index (χ3v) is 2.94. The van der Waals surface area contributed by atoms with Gasteiger partial charge in [-0.05, 0) is 24.3 Å². The Morgan fingerprint density at radius 3 is 2.41 bits per heavy atom. The largest absolute Gasteiger partial charge is 0.464 e. The van der Waals surface area contributed by atoms with Gasteiger partial charge in [-0.25, -0.2) is 14.8 Å². The van der Waals surface area contributed by atoms with E-state index in [2.05, 4.69) is 14.7 Å². The summed E-state index contributed by atoms with van der Waals surface area (Å²) in [4.78, 5) is 18.1. The van der Waals surface area contributed by atoms with E-state index in [1.165, 1.54) is 12.1 Å². The fraction of sp³-hybridized carbons (Fsp3) is 0.154. The highest BCUT2D eigenvalue weighted by atomic mass is 35.5. The summed E-state index contributed by atoms with van der Waals surface area (Å²) in [6.07, 6.45) is -4.76. The van der Waals surface area contributed by atoms with E-state index in [0.717, 1.165) is 13.2 Å². The van der Waals surface area contributed by atoms with Crippen molar-refractivity contribution < 1.29 is 27.1 Å². The summed E-state index contributed by atoms with van der Waals surface area (Å²) in [5, 5.41) is -0.0316. The van der Waals surface area contributed by atoms with Crippen LogP contribution in [0.4, 0.5) is 17.6 Å². The number of esters is 1. The van der Waals surface area contributed by atoms with Gasteiger partial charge >= 0.3 is 12.1 Å². The number of alkyl halides is 3. The number of halogens is 5. The molecule has 2 aromatic rings. The number of carbonyl (C=O) groups is 1. The fourth-order valence-corrected chi connectivity index (χ4v) is 1.80. The summed E-state index contributed by atoms with van der Waals surface area (Å²) in [6.45, 7) is 0. The molecule has 0 unspecified atom stereocenters. The molecule has 2 rings (SSSR count). The van der Waals surface area contributed by atoms with Crippen LogP contribution in [0.3, 0.4) is 0 Å². The van der Waals surface area contributed by atoms with Crippen molar-refractivity contribution in [2.75, 3.05) is 7.11 Å². The number of nitrogens with zero attached hydrogens (tertiary/aromatic N) is 2. The average Bonchev–Trinajstić information content (AvgIpc) is 2.46. The van der Waals surface area contributed by atoms with Gasteiger partial charge < -0.3 is 4.74 Å². The van der Waals surface area contributed by atoms with Gasteiger partial charge in [0.05, 0.1) is 23.4 Å². The third kappa shape index (κ3) is 3.16. The SMILES string of the molecule is COC(=O)c1nc(-c2ccc(C(F)(F)F)nc2F)ccc1Cl. The number of pyridine rings is 2. The Kier molecular flexibility index (Phi) is 4.32. The summed E-state index contributed by atoms with van der Waals surface area (Å²) < 4.78 is 55.6. The molecular formula is C13H7ClF4N2O2. The number of ether oxygens (including phenoxy) is 1. The molecule has 0 aliphatic rings. The van der Waals surface area contributed by atoms with Gasteiger partial charge in [0, 0.05) is 0 Å². The van der Waals surface area contributed by atoms with E-state index in [1.807, 2.05) is 0 Å². The molecule has 0 saturated carbocycles. The van der Waals surface area contributed by atoms with Gasteiger partial charge in [-0.15, -0.1) is 0 Å². The highest BCUT2D eigenvalue weighted by Gasteiger charge is 2.33. The maximum Gasteiger partial charge on any atom is 0.433 e. The molecule has 0 aliphatic carbocycles. The van der Waals surface area contributed by atoms with E-state index in [4.69, 9.17) is 11.6 Å². The molecule has 0 N–H and O–H groups in total. The molecule has 9 heteroatoms. The maximum absolute atomic E-state index is 13.8. The molecule has 0 aromatic carbocycles. The van der Waals surface area contributed by atoms with E-state index in [-0.39, 0.29) is 22.0 Å². The zero-order valence-electron chi connectivity index (χ0n) is 10.9. The van der Waals surface area contributed by atoms with Crippen LogP contribution in [0.25, 0.3) is 11.3 Å². The van der Waals surface area contributed by atoms with Crippen LogP contribution in [0.15, 0.2) is 24.3 Å². The second kappa shape index (κ2) is 5.88. The molecule has 0 fully saturated rings. The Bertz CT molecular complexity index is 734. The first-order valence-electron chi connectivity index (χ1n) is 5.73. The molecule has 0 aliphatic heterocycles. The molecule has 116 valence electrons. The maximum atomic E-state index is 13.8. The van der Waals surface area contributed by atoms with Crippen LogP contribution in [0.2, 0.25) is 5.02 Å². The summed E-state index contributed by atoms with van der Waals surface area (Å²) >= 11 is 5.76. The second-order valence-corrected chi connectivity index (χ2v) is 4.46. The molecule has 0 amide bonds. The monoisotopic (exact) mass is 334 g/mol. The number of carbonyl (C=O) groups excluding carboxylic acids is 1.